The van der Waals surface area contributed by atoms with Crippen molar-refractivity contribution in [3.05, 3.63) is 94.0 Å². The normalized spacial score (nSPS) is 11.0. The van der Waals surface area contributed by atoms with Crippen molar-refractivity contribution in [2.24, 2.45) is 0 Å². The minimum Gasteiger partial charge on any atom is -0.364 e. The summed E-state index contributed by atoms with van der Waals surface area (Å²) in [6.07, 6.45) is 0. The zero-order chi connectivity index (χ0) is 17.9. The number of anilines is 1. The van der Waals surface area contributed by atoms with Crippen molar-refractivity contribution in [2.75, 3.05) is 5.32 Å². The Morgan fingerprint density at radius 1 is 1.00 bits per heavy atom. The van der Waals surface area contributed by atoms with E-state index >= 15 is 0 Å². The van der Waals surface area contributed by atoms with Gasteiger partial charge >= 0.3 is 5.69 Å². The number of pyridine rings is 1. The maximum absolute atomic E-state index is 12.5. The Labute approximate surface area is 151 Å². The first-order valence-electron chi connectivity index (χ1n) is 8.62. The number of nitrogens with one attached hydrogen (secondary N) is 2. The summed E-state index contributed by atoms with van der Waals surface area (Å²) in [6, 6.07) is 22.1. The molecule has 5 heteroatoms. The number of aromatic nitrogens is 3. The molecule has 0 aliphatic rings. The highest BCUT2D eigenvalue weighted by atomic mass is 16.1. The van der Waals surface area contributed by atoms with Crippen LogP contribution in [0, 0.1) is 6.92 Å². The average molecular weight is 344 g/mol. The lowest BCUT2D eigenvalue weighted by Crippen LogP contribution is -2.17. The molecule has 2 N–H and O–H groups in total. The molecule has 2 aromatic heterocycles. The van der Waals surface area contributed by atoms with E-state index in [2.05, 4.69) is 27.4 Å². The van der Waals surface area contributed by atoms with Crippen molar-refractivity contribution in [2.45, 2.75) is 20.0 Å². The Morgan fingerprint density at radius 2 is 1.65 bits per heavy atom. The molecule has 5 nitrogen and oxygen atoms in total. The molecule has 0 aliphatic carbocycles. The van der Waals surface area contributed by atoms with Gasteiger partial charge in [-0.2, -0.15) is 0 Å². The molecule has 0 fully saturated rings. The number of aryl methyl sites for hydroxylation is 1. The SMILES string of the molecule is Cc1cc2c([nH]c(=O)n2Cc2ccccc2)c(NCc2ccccc2)n1. The first-order chi connectivity index (χ1) is 12.7. The van der Waals surface area contributed by atoms with Crippen molar-refractivity contribution in [3.8, 4) is 0 Å². The fourth-order valence-electron chi connectivity index (χ4n) is 3.11. The first-order valence-corrected chi connectivity index (χ1v) is 8.62. The monoisotopic (exact) mass is 344 g/mol. The summed E-state index contributed by atoms with van der Waals surface area (Å²) in [7, 11) is 0. The number of benzene rings is 2. The van der Waals surface area contributed by atoms with Crippen LogP contribution in [0.3, 0.4) is 0 Å². The zero-order valence-electron chi connectivity index (χ0n) is 14.6. The summed E-state index contributed by atoms with van der Waals surface area (Å²) in [5, 5.41) is 3.35. The van der Waals surface area contributed by atoms with Gasteiger partial charge in [0.15, 0.2) is 5.82 Å². The predicted octanol–water partition coefficient (Wildman–Crippen LogP) is 3.69. The van der Waals surface area contributed by atoms with E-state index in [1.165, 1.54) is 0 Å². The fraction of sp³-hybridized carbons (Fsp3) is 0.143. The minimum absolute atomic E-state index is 0.126. The molecule has 26 heavy (non-hydrogen) atoms. The Bertz CT molecular complexity index is 1080. The summed E-state index contributed by atoms with van der Waals surface area (Å²) in [5.41, 5.74) is 4.60. The number of imidazole rings is 1. The summed E-state index contributed by atoms with van der Waals surface area (Å²) in [6.45, 7) is 3.12. The van der Waals surface area contributed by atoms with E-state index in [1.807, 2.05) is 61.5 Å². The Kier molecular flexibility index (Phi) is 4.27. The van der Waals surface area contributed by atoms with Gasteiger partial charge in [0.05, 0.1) is 12.1 Å². The van der Waals surface area contributed by atoms with Gasteiger partial charge in [-0.1, -0.05) is 60.7 Å². The van der Waals surface area contributed by atoms with E-state index in [9.17, 15) is 4.79 Å². The molecule has 0 saturated heterocycles. The van der Waals surface area contributed by atoms with Crippen LogP contribution < -0.4 is 11.0 Å². The number of aromatic amines is 1. The summed E-state index contributed by atoms with van der Waals surface area (Å²) >= 11 is 0. The fourth-order valence-corrected chi connectivity index (χ4v) is 3.11. The number of fused-ring (bicyclic) bond motifs is 1. The second-order valence-electron chi connectivity index (χ2n) is 6.35. The molecule has 0 atom stereocenters. The van der Waals surface area contributed by atoms with Gasteiger partial charge in [0, 0.05) is 12.2 Å². The van der Waals surface area contributed by atoms with Gasteiger partial charge in [-0.05, 0) is 24.1 Å². The molecule has 0 spiro atoms. The molecule has 130 valence electrons. The van der Waals surface area contributed by atoms with Gasteiger partial charge < -0.3 is 10.3 Å². The highest BCUT2D eigenvalue weighted by Gasteiger charge is 2.13. The molecule has 0 radical (unpaired) electrons. The lowest BCUT2D eigenvalue weighted by atomic mass is 10.2. The Balaban J connectivity index is 1.71. The largest absolute Gasteiger partial charge is 0.364 e. The first kappa shape index (κ1) is 16.1. The molecule has 2 aromatic carbocycles. The van der Waals surface area contributed by atoms with E-state index < -0.39 is 0 Å². The van der Waals surface area contributed by atoms with Gasteiger partial charge in [-0.3, -0.25) is 4.57 Å². The van der Waals surface area contributed by atoms with Crippen LogP contribution in [0.15, 0.2) is 71.5 Å². The van der Waals surface area contributed by atoms with Crippen LogP contribution in [0.4, 0.5) is 5.82 Å². The van der Waals surface area contributed by atoms with Crippen LogP contribution in [0.5, 0.6) is 0 Å². The topological polar surface area (TPSA) is 62.7 Å². The van der Waals surface area contributed by atoms with E-state index in [4.69, 9.17) is 0 Å². The maximum Gasteiger partial charge on any atom is 0.326 e. The predicted molar refractivity (Wildman–Crippen MR) is 104 cm³/mol. The molecule has 0 aliphatic heterocycles. The quantitative estimate of drug-likeness (QED) is 0.580. The third-order valence-corrected chi connectivity index (χ3v) is 4.38. The van der Waals surface area contributed by atoms with Crippen molar-refractivity contribution in [1.82, 2.24) is 14.5 Å². The van der Waals surface area contributed by atoms with E-state index in [0.717, 1.165) is 27.9 Å². The molecule has 0 bridgehead atoms. The lowest BCUT2D eigenvalue weighted by molar-refractivity contribution is 0.786. The van der Waals surface area contributed by atoms with Crippen molar-refractivity contribution in [3.63, 3.8) is 0 Å². The Morgan fingerprint density at radius 3 is 2.35 bits per heavy atom. The highest BCUT2D eigenvalue weighted by molar-refractivity contribution is 5.86. The molecule has 0 saturated carbocycles. The van der Waals surface area contributed by atoms with Crippen LogP contribution in [0.25, 0.3) is 11.0 Å². The Hall–Kier alpha value is -3.34. The van der Waals surface area contributed by atoms with Crippen LogP contribution in [-0.2, 0) is 13.1 Å². The molecular weight excluding hydrogens is 324 g/mol. The van der Waals surface area contributed by atoms with Gasteiger partial charge in [0.25, 0.3) is 0 Å². The van der Waals surface area contributed by atoms with Crippen molar-refractivity contribution in [1.29, 1.82) is 0 Å². The molecule has 4 aromatic rings. The van der Waals surface area contributed by atoms with Crippen LogP contribution in [0.1, 0.15) is 16.8 Å². The number of H-pyrrole nitrogens is 1. The molecule has 0 amide bonds. The maximum atomic E-state index is 12.5. The smallest absolute Gasteiger partial charge is 0.326 e. The van der Waals surface area contributed by atoms with E-state index in [0.29, 0.717) is 18.9 Å². The van der Waals surface area contributed by atoms with Crippen molar-refractivity contribution >= 4 is 16.9 Å². The molecule has 0 unspecified atom stereocenters. The summed E-state index contributed by atoms with van der Waals surface area (Å²) in [4.78, 5) is 20.1. The number of nitrogens with zero attached hydrogens (tertiary/aromatic N) is 2. The van der Waals surface area contributed by atoms with Gasteiger partial charge in [0.1, 0.15) is 5.52 Å². The van der Waals surface area contributed by atoms with E-state index in [1.54, 1.807) is 4.57 Å². The molecular formula is C21H20N4O. The number of rotatable bonds is 5. The third kappa shape index (κ3) is 3.24. The summed E-state index contributed by atoms with van der Waals surface area (Å²) < 4.78 is 1.76. The number of hydrogen-bond donors (Lipinski definition) is 2. The lowest BCUT2D eigenvalue weighted by Gasteiger charge is -2.09. The van der Waals surface area contributed by atoms with Gasteiger partial charge in [0.2, 0.25) is 0 Å². The van der Waals surface area contributed by atoms with Gasteiger partial charge in [-0.25, -0.2) is 9.78 Å². The second-order valence-corrected chi connectivity index (χ2v) is 6.35. The minimum atomic E-state index is -0.126. The van der Waals surface area contributed by atoms with Crippen LogP contribution in [-0.4, -0.2) is 14.5 Å². The average Bonchev–Trinajstić information content (AvgIpc) is 2.97. The van der Waals surface area contributed by atoms with Crippen LogP contribution in [0.2, 0.25) is 0 Å². The third-order valence-electron chi connectivity index (χ3n) is 4.38. The molecule has 4 rings (SSSR count). The van der Waals surface area contributed by atoms with Gasteiger partial charge in [-0.15, -0.1) is 0 Å². The summed E-state index contributed by atoms with van der Waals surface area (Å²) in [5.74, 6) is 0.702. The molecule has 2 heterocycles. The van der Waals surface area contributed by atoms with Crippen LogP contribution >= 0.6 is 0 Å². The zero-order valence-corrected chi connectivity index (χ0v) is 14.6. The second kappa shape index (κ2) is 6.88. The number of hydrogen-bond acceptors (Lipinski definition) is 3. The standard InChI is InChI=1S/C21H20N4O/c1-15-12-18-19(20(23-15)22-13-16-8-4-2-5-9-16)24-21(26)25(18)14-17-10-6-3-7-11-17/h2-12H,13-14H2,1H3,(H,22,23)(H,24,26). The highest BCUT2D eigenvalue weighted by Crippen LogP contribution is 2.21. The van der Waals surface area contributed by atoms with E-state index in [-0.39, 0.29) is 5.69 Å². The van der Waals surface area contributed by atoms with Crippen molar-refractivity contribution < 1.29 is 0 Å².